The molecule has 0 unspecified atom stereocenters. The molecule has 3 rings (SSSR count). The number of ether oxygens (including phenoxy) is 1. The molecule has 0 radical (unpaired) electrons. The van der Waals surface area contributed by atoms with Crippen molar-refractivity contribution in [2.24, 2.45) is 0 Å². The fourth-order valence-corrected chi connectivity index (χ4v) is 2.64. The van der Waals surface area contributed by atoms with Crippen molar-refractivity contribution in [2.45, 2.75) is 5.92 Å². The van der Waals surface area contributed by atoms with E-state index in [4.69, 9.17) is 4.74 Å². The highest BCUT2D eigenvalue weighted by Gasteiger charge is 2.14. The molecule has 0 aromatic heterocycles. The first-order chi connectivity index (χ1) is 11.4. The van der Waals surface area contributed by atoms with Crippen LogP contribution in [-0.2, 0) is 0 Å². The minimum absolute atomic E-state index is 0.219. The second kappa shape index (κ2) is 7.46. The average Bonchev–Trinajstić information content (AvgIpc) is 2.64. The minimum Gasteiger partial charge on any atom is -0.493 e. The summed E-state index contributed by atoms with van der Waals surface area (Å²) in [6.45, 7) is 4.39. The molecule has 1 nitrogen and oxygen atoms in total. The van der Waals surface area contributed by atoms with E-state index >= 15 is 0 Å². The molecule has 0 amide bonds. The molecule has 3 aromatic rings. The van der Waals surface area contributed by atoms with Crippen LogP contribution in [-0.4, -0.2) is 6.61 Å². The van der Waals surface area contributed by atoms with Gasteiger partial charge in [0.05, 0.1) is 6.61 Å². The molecule has 0 heterocycles. The molecule has 0 N–H and O–H groups in total. The van der Waals surface area contributed by atoms with Crippen LogP contribution in [0.1, 0.15) is 22.6 Å². The number of hydrogen-bond donors (Lipinski definition) is 0. The summed E-state index contributed by atoms with van der Waals surface area (Å²) in [5.74, 6) is 1.10. The summed E-state index contributed by atoms with van der Waals surface area (Å²) in [5, 5.41) is 0. The maximum atomic E-state index is 6.04. The van der Waals surface area contributed by atoms with E-state index in [2.05, 4.69) is 55.1 Å². The molecule has 0 fully saturated rings. The van der Waals surface area contributed by atoms with E-state index in [1.807, 2.05) is 42.5 Å². The Balaban J connectivity index is 1.80. The van der Waals surface area contributed by atoms with Gasteiger partial charge in [-0.05, 0) is 28.8 Å². The molecular weight excluding hydrogens is 280 g/mol. The lowest BCUT2D eigenvalue weighted by atomic mass is 9.92. The molecule has 0 bridgehead atoms. The van der Waals surface area contributed by atoms with Crippen molar-refractivity contribution in [1.82, 2.24) is 0 Å². The number of benzene rings is 3. The Morgan fingerprint density at radius 1 is 0.739 bits per heavy atom. The van der Waals surface area contributed by atoms with Gasteiger partial charge in [-0.25, -0.2) is 0 Å². The van der Waals surface area contributed by atoms with Crippen molar-refractivity contribution >= 4 is 6.08 Å². The summed E-state index contributed by atoms with van der Waals surface area (Å²) >= 11 is 0. The van der Waals surface area contributed by atoms with Gasteiger partial charge >= 0.3 is 0 Å². The Hall–Kier alpha value is -2.80. The van der Waals surface area contributed by atoms with Crippen LogP contribution < -0.4 is 4.74 Å². The van der Waals surface area contributed by atoms with Gasteiger partial charge in [0.1, 0.15) is 5.75 Å². The monoisotopic (exact) mass is 300 g/mol. The van der Waals surface area contributed by atoms with Gasteiger partial charge < -0.3 is 4.74 Å². The second-order valence-electron chi connectivity index (χ2n) is 5.46. The molecule has 1 heteroatoms. The molecule has 3 aromatic carbocycles. The van der Waals surface area contributed by atoms with Crippen LogP contribution in [0.2, 0.25) is 0 Å². The summed E-state index contributed by atoms with van der Waals surface area (Å²) in [5.41, 5.74) is 3.63. The second-order valence-corrected chi connectivity index (χ2v) is 5.46. The summed E-state index contributed by atoms with van der Waals surface area (Å²) in [6, 6.07) is 29.0. The molecule has 0 aliphatic heterocycles. The zero-order valence-electron chi connectivity index (χ0n) is 13.1. The Morgan fingerprint density at radius 2 is 1.26 bits per heavy atom. The molecule has 0 saturated heterocycles. The molecular formula is C22H20O. The molecule has 0 atom stereocenters. The van der Waals surface area contributed by atoms with Gasteiger partial charge in [0.2, 0.25) is 0 Å². The van der Waals surface area contributed by atoms with Crippen LogP contribution in [0.4, 0.5) is 0 Å². The third kappa shape index (κ3) is 3.89. The molecule has 0 spiro atoms. The average molecular weight is 300 g/mol. The van der Waals surface area contributed by atoms with Gasteiger partial charge in [0.25, 0.3) is 0 Å². The van der Waals surface area contributed by atoms with Gasteiger partial charge in [0.15, 0.2) is 0 Å². The molecule has 0 aliphatic carbocycles. The maximum absolute atomic E-state index is 6.04. The van der Waals surface area contributed by atoms with Crippen LogP contribution in [0, 0.1) is 0 Å². The van der Waals surface area contributed by atoms with E-state index in [0.29, 0.717) is 6.61 Å². The Kier molecular flexibility index (Phi) is 4.90. The summed E-state index contributed by atoms with van der Waals surface area (Å²) in [4.78, 5) is 0. The minimum atomic E-state index is 0.219. The van der Waals surface area contributed by atoms with Crippen LogP contribution in [0.3, 0.4) is 0 Å². The summed E-state index contributed by atoms with van der Waals surface area (Å²) in [6.07, 6.45) is 1.83. The van der Waals surface area contributed by atoms with Crippen molar-refractivity contribution in [3.8, 4) is 5.75 Å². The Morgan fingerprint density at radius 3 is 1.74 bits per heavy atom. The molecule has 0 aliphatic rings. The van der Waals surface area contributed by atoms with E-state index < -0.39 is 0 Å². The van der Waals surface area contributed by atoms with Gasteiger partial charge in [-0.3, -0.25) is 0 Å². The first kappa shape index (κ1) is 15.1. The fraction of sp³-hybridized carbons (Fsp3) is 0.0909. The lowest BCUT2D eigenvalue weighted by Gasteiger charge is -2.19. The normalized spacial score (nSPS) is 10.5. The highest BCUT2D eigenvalue weighted by Crippen LogP contribution is 2.26. The van der Waals surface area contributed by atoms with Crippen LogP contribution in [0.15, 0.2) is 91.5 Å². The highest BCUT2D eigenvalue weighted by molar-refractivity contribution is 5.48. The lowest BCUT2D eigenvalue weighted by Crippen LogP contribution is -2.11. The topological polar surface area (TPSA) is 9.23 Å². The summed E-state index contributed by atoms with van der Waals surface area (Å²) in [7, 11) is 0. The predicted octanol–water partition coefficient (Wildman–Crippen LogP) is 5.54. The molecule has 0 saturated carbocycles. The zero-order chi connectivity index (χ0) is 15.9. The standard InChI is InChI=1S/C22H20O/c1-2-18-13-15-21(16-14-18)23-17-22(19-9-5-3-6-10-19)20-11-7-4-8-12-20/h2-16,22H,1,17H2. The van der Waals surface area contributed by atoms with Gasteiger partial charge in [-0.2, -0.15) is 0 Å². The number of hydrogen-bond acceptors (Lipinski definition) is 1. The van der Waals surface area contributed by atoms with Crippen LogP contribution >= 0.6 is 0 Å². The quantitative estimate of drug-likeness (QED) is 0.580. The van der Waals surface area contributed by atoms with Crippen molar-refractivity contribution < 1.29 is 4.74 Å². The molecule has 114 valence electrons. The third-order valence-electron chi connectivity index (χ3n) is 3.94. The summed E-state index contributed by atoms with van der Waals surface area (Å²) < 4.78 is 6.04. The smallest absolute Gasteiger partial charge is 0.119 e. The largest absolute Gasteiger partial charge is 0.493 e. The van der Waals surface area contributed by atoms with E-state index in [9.17, 15) is 0 Å². The molecule has 23 heavy (non-hydrogen) atoms. The predicted molar refractivity (Wildman–Crippen MR) is 96.8 cm³/mol. The van der Waals surface area contributed by atoms with Gasteiger partial charge in [-0.15, -0.1) is 0 Å². The third-order valence-corrected chi connectivity index (χ3v) is 3.94. The van der Waals surface area contributed by atoms with Crippen molar-refractivity contribution in [3.05, 3.63) is 108 Å². The SMILES string of the molecule is C=Cc1ccc(OCC(c2ccccc2)c2ccccc2)cc1. The van der Waals surface area contributed by atoms with Gasteiger partial charge in [0, 0.05) is 5.92 Å². The van der Waals surface area contributed by atoms with Crippen molar-refractivity contribution in [3.63, 3.8) is 0 Å². The van der Waals surface area contributed by atoms with E-state index in [-0.39, 0.29) is 5.92 Å². The first-order valence-corrected chi connectivity index (χ1v) is 7.82. The van der Waals surface area contributed by atoms with Crippen molar-refractivity contribution in [1.29, 1.82) is 0 Å². The Labute approximate surface area is 137 Å². The van der Waals surface area contributed by atoms with E-state index in [0.717, 1.165) is 11.3 Å². The van der Waals surface area contributed by atoms with E-state index in [1.165, 1.54) is 11.1 Å². The van der Waals surface area contributed by atoms with Crippen molar-refractivity contribution in [2.75, 3.05) is 6.61 Å². The van der Waals surface area contributed by atoms with E-state index in [1.54, 1.807) is 0 Å². The number of rotatable bonds is 6. The highest BCUT2D eigenvalue weighted by atomic mass is 16.5. The van der Waals surface area contributed by atoms with Gasteiger partial charge in [-0.1, -0.05) is 85.5 Å². The van der Waals surface area contributed by atoms with Crippen LogP contribution in [0.5, 0.6) is 5.75 Å². The lowest BCUT2D eigenvalue weighted by molar-refractivity contribution is 0.303. The fourth-order valence-electron chi connectivity index (χ4n) is 2.64. The first-order valence-electron chi connectivity index (χ1n) is 7.82. The zero-order valence-corrected chi connectivity index (χ0v) is 13.1. The maximum Gasteiger partial charge on any atom is 0.119 e. The Bertz CT molecular complexity index is 690. The van der Waals surface area contributed by atoms with Crippen LogP contribution in [0.25, 0.3) is 6.08 Å².